The van der Waals surface area contributed by atoms with Crippen LogP contribution in [-0.4, -0.2) is 24.2 Å². The molecule has 1 fully saturated rings. The van der Waals surface area contributed by atoms with Gasteiger partial charge in [-0.15, -0.1) is 0 Å². The smallest absolute Gasteiger partial charge is 0.257 e. The molecule has 1 aromatic rings. The van der Waals surface area contributed by atoms with Crippen LogP contribution in [0.5, 0.6) is 0 Å². The van der Waals surface area contributed by atoms with E-state index >= 15 is 0 Å². The first kappa shape index (κ1) is 13.7. The molecule has 1 aliphatic rings. The number of aliphatic hydroxyl groups excluding tert-OH is 1. The molecule has 1 aromatic carbocycles. The van der Waals surface area contributed by atoms with E-state index in [9.17, 15) is 13.6 Å². The molecule has 0 aliphatic heterocycles. The molecular weight excluding hydrogens is 254 g/mol. The molecule has 4 nitrogen and oxygen atoms in total. The first-order chi connectivity index (χ1) is 8.99. The number of carbonyl (C=O) groups is 1. The van der Waals surface area contributed by atoms with E-state index in [2.05, 4.69) is 5.32 Å². The molecule has 0 unspecified atom stereocenters. The molecule has 1 saturated carbocycles. The minimum Gasteiger partial charge on any atom is -0.396 e. The number of benzene rings is 1. The normalized spacial score (nSPS) is 16.2. The SMILES string of the molecule is Nc1ccc(F)c(C(=O)NCC2(CCO)CC2)c1F. The largest absolute Gasteiger partial charge is 0.396 e. The number of amides is 1. The van der Waals surface area contributed by atoms with Crippen molar-refractivity contribution in [2.45, 2.75) is 19.3 Å². The van der Waals surface area contributed by atoms with E-state index in [1.807, 2.05) is 0 Å². The van der Waals surface area contributed by atoms with Crippen LogP contribution < -0.4 is 11.1 Å². The van der Waals surface area contributed by atoms with Gasteiger partial charge < -0.3 is 16.2 Å². The summed E-state index contributed by atoms with van der Waals surface area (Å²) in [5.74, 6) is -2.78. The van der Waals surface area contributed by atoms with Crippen LogP contribution in [0.3, 0.4) is 0 Å². The molecule has 6 heteroatoms. The van der Waals surface area contributed by atoms with E-state index < -0.39 is 23.1 Å². The van der Waals surface area contributed by atoms with Gasteiger partial charge >= 0.3 is 0 Å². The number of aliphatic hydroxyl groups is 1. The summed E-state index contributed by atoms with van der Waals surface area (Å²) in [4.78, 5) is 11.8. The van der Waals surface area contributed by atoms with Crippen LogP contribution in [0.15, 0.2) is 12.1 Å². The fraction of sp³-hybridized carbons (Fsp3) is 0.462. The highest BCUT2D eigenvalue weighted by atomic mass is 19.1. The predicted molar refractivity (Wildman–Crippen MR) is 66.5 cm³/mol. The molecule has 0 aromatic heterocycles. The summed E-state index contributed by atoms with van der Waals surface area (Å²) in [6, 6.07) is 2.05. The number of carbonyl (C=O) groups excluding carboxylic acids is 1. The summed E-state index contributed by atoms with van der Waals surface area (Å²) in [5.41, 5.74) is 4.29. The fourth-order valence-corrected chi connectivity index (χ4v) is 2.06. The lowest BCUT2D eigenvalue weighted by molar-refractivity contribution is 0.0932. The first-order valence-corrected chi connectivity index (χ1v) is 6.12. The Hall–Kier alpha value is -1.69. The summed E-state index contributed by atoms with van der Waals surface area (Å²) in [5, 5.41) is 11.4. The van der Waals surface area contributed by atoms with Crippen LogP contribution >= 0.6 is 0 Å². The monoisotopic (exact) mass is 270 g/mol. The molecule has 1 aliphatic carbocycles. The zero-order valence-electron chi connectivity index (χ0n) is 10.4. The molecule has 0 atom stereocenters. The average Bonchev–Trinajstić information content (AvgIpc) is 3.13. The molecule has 104 valence electrons. The Labute approximate surface area is 109 Å². The van der Waals surface area contributed by atoms with Crippen molar-refractivity contribution in [3.63, 3.8) is 0 Å². The summed E-state index contributed by atoms with van der Waals surface area (Å²) in [6.45, 7) is 0.344. The van der Waals surface area contributed by atoms with E-state index in [0.717, 1.165) is 25.0 Å². The number of hydrogen-bond donors (Lipinski definition) is 3. The van der Waals surface area contributed by atoms with Crippen molar-refractivity contribution in [2.75, 3.05) is 18.9 Å². The lowest BCUT2D eigenvalue weighted by Crippen LogP contribution is -2.32. The molecular formula is C13H16F2N2O2. The minimum absolute atomic E-state index is 0.0386. The zero-order chi connectivity index (χ0) is 14.0. The zero-order valence-corrected chi connectivity index (χ0v) is 10.4. The van der Waals surface area contributed by atoms with E-state index in [-0.39, 0.29) is 17.7 Å². The highest BCUT2D eigenvalue weighted by molar-refractivity contribution is 5.95. The van der Waals surface area contributed by atoms with E-state index in [4.69, 9.17) is 10.8 Å². The van der Waals surface area contributed by atoms with Gasteiger partial charge in [0.1, 0.15) is 11.4 Å². The van der Waals surface area contributed by atoms with E-state index in [1.165, 1.54) is 0 Å². The van der Waals surface area contributed by atoms with Gasteiger partial charge in [0.15, 0.2) is 5.82 Å². The average molecular weight is 270 g/mol. The van der Waals surface area contributed by atoms with Crippen LogP contribution in [-0.2, 0) is 0 Å². The molecule has 19 heavy (non-hydrogen) atoms. The second-order valence-corrected chi connectivity index (χ2v) is 4.98. The predicted octanol–water partition coefficient (Wildman–Crippen LogP) is 1.44. The Bertz CT molecular complexity index is 502. The third kappa shape index (κ3) is 2.84. The van der Waals surface area contributed by atoms with Crippen LogP contribution in [0.25, 0.3) is 0 Å². The summed E-state index contributed by atoms with van der Waals surface area (Å²) >= 11 is 0. The number of halogens is 2. The Morgan fingerprint density at radius 1 is 1.42 bits per heavy atom. The van der Waals surface area contributed by atoms with Crippen LogP contribution in [0, 0.1) is 17.0 Å². The Balaban J connectivity index is 2.07. The highest BCUT2D eigenvalue weighted by Crippen LogP contribution is 2.47. The van der Waals surface area contributed by atoms with Crippen molar-refractivity contribution < 1.29 is 18.7 Å². The second-order valence-electron chi connectivity index (χ2n) is 4.98. The van der Waals surface area contributed by atoms with Crippen LogP contribution in [0.4, 0.5) is 14.5 Å². The van der Waals surface area contributed by atoms with Crippen LogP contribution in [0.1, 0.15) is 29.6 Å². The van der Waals surface area contributed by atoms with Gasteiger partial charge in [-0.05, 0) is 36.8 Å². The fourth-order valence-electron chi connectivity index (χ4n) is 2.06. The molecule has 0 bridgehead atoms. The number of nitrogen functional groups attached to an aromatic ring is 1. The maximum absolute atomic E-state index is 13.6. The molecule has 2 rings (SSSR count). The number of anilines is 1. The number of nitrogens with one attached hydrogen (secondary N) is 1. The van der Waals surface area contributed by atoms with Gasteiger partial charge in [-0.3, -0.25) is 4.79 Å². The molecule has 0 radical (unpaired) electrons. The van der Waals surface area contributed by atoms with Gasteiger partial charge in [-0.2, -0.15) is 0 Å². The Morgan fingerprint density at radius 3 is 2.68 bits per heavy atom. The van der Waals surface area contributed by atoms with Crippen molar-refractivity contribution in [3.8, 4) is 0 Å². The van der Waals surface area contributed by atoms with Crippen molar-refractivity contribution in [3.05, 3.63) is 29.3 Å². The number of nitrogens with two attached hydrogens (primary N) is 1. The molecule has 1 amide bonds. The summed E-state index contributed by atoms with van der Waals surface area (Å²) in [6.07, 6.45) is 2.38. The summed E-state index contributed by atoms with van der Waals surface area (Å²) < 4.78 is 27.1. The minimum atomic E-state index is -1.04. The Morgan fingerprint density at radius 2 is 2.11 bits per heavy atom. The van der Waals surface area contributed by atoms with Crippen molar-refractivity contribution in [2.24, 2.45) is 5.41 Å². The van der Waals surface area contributed by atoms with Gasteiger partial charge in [0.05, 0.1) is 5.69 Å². The first-order valence-electron chi connectivity index (χ1n) is 6.12. The van der Waals surface area contributed by atoms with Gasteiger partial charge in [-0.25, -0.2) is 8.78 Å². The van der Waals surface area contributed by atoms with Gasteiger partial charge in [0.2, 0.25) is 0 Å². The highest BCUT2D eigenvalue weighted by Gasteiger charge is 2.42. The second kappa shape index (κ2) is 5.13. The van der Waals surface area contributed by atoms with Gasteiger partial charge in [-0.1, -0.05) is 0 Å². The maximum atomic E-state index is 13.6. The molecule has 0 saturated heterocycles. The number of hydrogen-bond acceptors (Lipinski definition) is 3. The molecule has 0 spiro atoms. The quantitative estimate of drug-likeness (QED) is 0.709. The van der Waals surface area contributed by atoms with Gasteiger partial charge in [0, 0.05) is 13.2 Å². The van der Waals surface area contributed by atoms with E-state index in [1.54, 1.807) is 0 Å². The molecule has 0 heterocycles. The topological polar surface area (TPSA) is 75.4 Å². The standard InChI is InChI=1S/C13H16F2N2O2/c14-8-1-2-9(16)11(15)10(8)12(19)17-7-13(3-4-13)5-6-18/h1-2,18H,3-7,16H2,(H,17,19). The third-order valence-corrected chi connectivity index (χ3v) is 3.57. The summed E-state index contributed by atoms with van der Waals surface area (Å²) in [7, 11) is 0. The van der Waals surface area contributed by atoms with Crippen molar-refractivity contribution in [1.29, 1.82) is 0 Å². The molecule has 4 N–H and O–H groups in total. The maximum Gasteiger partial charge on any atom is 0.257 e. The lowest BCUT2D eigenvalue weighted by Gasteiger charge is -2.15. The van der Waals surface area contributed by atoms with Crippen molar-refractivity contribution in [1.82, 2.24) is 5.32 Å². The van der Waals surface area contributed by atoms with Crippen molar-refractivity contribution >= 4 is 11.6 Å². The van der Waals surface area contributed by atoms with Crippen LogP contribution in [0.2, 0.25) is 0 Å². The third-order valence-electron chi connectivity index (χ3n) is 3.57. The Kier molecular flexibility index (Phi) is 3.71. The number of rotatable bonds is 5. The van der Waals surface area contributed by atoms with Gasteiger partial charge in [0.25, 0.3) is 5.91 Å². The van der Waals surface area contributed by atoms with E-state index in [0.29, 0.717) is 13.0 Å². The lowest BCUT2D eigenvalue weighted by atomic mass is 10.0.